The Labute approximate surface area is 80.5 Å². The van der Waals surface area contributed by atoms with Crippen LogP contribution in [0.5, 0.6) is 0 Å². The van der Waals surface area contributed by atoms with Crippen molar-refractivity contribution in [2.45, 2.75) is 37.6 Å². The van der Waals surface area contributed by atoms with E-state index in [1.807, 2.05) is 12.2 Å². The van der Waals surface area contributed by atoms with Gasteiger partial charge in [-0.2, -0.15) is 5.06 Å². The first kappa shape index (κ1) is 10.5. The van der Waals surface area contributed by atoms with Crippen molar-refractivity contribution in [3.63, 3.8) is 0 Å². The second-order valence-corrected chi connectivity index (χ2v) is 3.79. The second-order valence-electron chi connectivity index (χ2n) is 3.79. The first-order valence-electron chi connectivity index (χ1n) is 4.93. The van der Waals surface area contributed by atoms with Gasteiger partial charge in [0.2, 0.25) is 0 Å². The van der Waals surface area contributed by atoms with Crippen molar-refractivity contribution in [3.05, 3.63) is 25.3 Å². The molecule has 0 amide bonds. The first-order chi connectivity index (χ1) is 6.25. The largest absolute Gasteiger partial charge is 0.313 e. The van der Waals surface area contributed by atoms with Crippen LogP contribution in [0.25, 0.3) is 0 Å². The summed E-state index contributed by atoms with van der Waals surface area (Å²) in [6.07, 6.45) is 8.79. The van der Waals surface area contributed by atoms with Crippen molar-refractivity contribution in [2.75, 3.05) is 6.54 Å². The summed E-state index contributed by atoms with van der Waals surface area (Å²) in [6, 6.07) is 0. The van der Waals surface area contributed by atoms with Gasteiger partial charge in [0.05, 0.1) is 5.54 Å². The highest BCUT2D eigenvalue weighted by atomic mass is 16.5. The van der Waals surface area contributed by atoms with Crippen molar-refractivity contribution in [1.29, 1.82) is 0 Å². The number of hydrogen-bond acceptors (Lipinski definition) is 2. The molecule has 1 aliphatic rings. The summed E-state index contributed by atoms with van der Waals surface area (Å²) in [6.45, 7) is 8.27. The lowest BCUT2D eigenvalue weighted by atomic mass is 9.82. The molecule has 1 fully saturated rings. The molecule has 0 aliphatic carbocycles. The fourth-order valence-corrected chi connectivity index (χ4v) is 2.12. The van der Waals surface area contributed by atoms with Crippen molar-refractivity contribution in [2.24, 2.45) is 0 Å². The van der Waals surface area contributed by atoms with Gasteiger partial charge in [-0.3, -0.25) is 0 Å². The van der Waals surface area contributed by atoms with Gasteiger partial charge in [0, 0.05) is 6.54 Å². The van der Waals surface area contributed by atoms with Crippen LogP contribution in [0.3, 0.4) is 0 Å². The van der Waals surface area contributed by atoms with Crippen LogP contribution in [-0.4, -0.2) is 22.4 Å². The van der Waals surface area contributed by atoms with Gasteiger partial charge in [0.25, 0.3) is 0 Å². The summed E-state index contributed by atoms with van der Waals surface area (Å²) < 4.78 is 0. The van der Waals surface area contributed by atoms with Crippen molar-refractivity contribution < 1.29 is 5.21 Å². The van der Waals surface area contributed by atoms with Gasteiger partial charge < -0.3 is 5.21 Å². The first-order valence-corrected chi connectivity index (χ1v) is 4.93. The van der Waals surface area contributed by atoms with Crippen molar-refractivity contribution >= 4 is 0 Å². The number of nitrogens with zero attached hydrogens (tertiary/aromatic N) is 1. The van der Waals surface area contributed by atoms with E-state index in [1.54, 1.807) is 0 Å². The third kappa shape index (κ3) is 2.20. The van der Waals surface area contributed by atoms with Gasteiger partial charge in [-0.05, 0) is 25.7 Å². The second kappa shape index (κ2) is 4.58. The van der Waals surface area contributed by atoms with E-state index in [9.17, 15) is 5.21 Å². The van der Waals surface area contributed by atoms with Gasteiger partial charge >= 0.3 is 0 Å². The monoisotopic (exact) mass is 181 g/mol. The smallest absolute Gasteiger partial charge is 0.0528 e. The molecule has 2 heteroatoms. The predicted octanol–water partition coefficient (Wildman–Crippen LogP) is 2.75. The Morgan fingerprint density at radius 3 is 2.31 bits per heavy atom. The van der Waals surface area contributed by atoms with Crippen LogP contribution in [-0.2, 0) is 0 Å². The zero-order valence-electron chi connectivity index (χ0n) is 8.21. The lowest BCUT2D eigenvalue weighted by Crippen LogP contribution is -2.49. The molecular formula is C11H19NO. The SMILES string of the molecule is C=CCC1(CC=C)CCCCN1O. The molecule has 1 saturated heterocycles. The number of hydrogen-bond donors (Lipinski definition) is 1. The quantitative estimate of drug-likeness (QED) is 0.674. The minimum Gasteiger partial charge on any atom is -0.313 e. The maximum Gasteiger partial charge on any atom is 0.0528 e. The summed E-state index contributed by atoms with van der Waals surface area (Å²) in [5, 5.41) is 11.3. The van der Waals surface area contributed by atoms with E-state index < -0.39 is 0 Å². The summed E-state index contributed by atoms with van der Waals surface area (Å²) in [5.41, 5.74) is -0.109. The molecule has 1 aliphatic heterocycles. The van der Waals surface area contributed by atoms with Crippen LogP contribution in [0.4, 0.5) is 0 Å². The third-order valence-corrected chi connectivity index (χ3v) is 2.86. The van der Waals surface area contributed by atoms with Gasteiger partial charge in [0.15, 0.2) is 0 Å². The van der Waals surface area contributed by atoms with Crippen molar-refractivity contribution in [3.8, 4) is 0 Å². The van der Waals surface area contributed by atoms with E-state index in [4.69, 9.17) is 0 Å². The fraction of sp³-hybridized carbons (Fsp3) is 0.636. The molecule has 1 rings (SSSR count). The average Bonchev–Trinajstić information content (AvgIpc) is 2.11. The topological polar surface area (TPSA) is 23.5 Å². The Balaban J connectivity index is 2.71. The molecule has 0 radical (unpaired) electrons. The fourth-order valence-electron chi connectivity index (χ4n) is 2.12. The molecule has 1 N–H and O–H groups in total. The number of piperidine rings is 1. The Bertz CT molecular complexity index is 179. The number of hydroxylamine groups is 2. The molecule has 0 bridgehead atoms. The van der Waals surface area contributed by atoms with Crippen LogP contribution in [0.1, 0.15) is 32.1 Å². The van der Waals surface area contributed by atoms with E-state index in [2.05, 4.69) is 13.2 Å². The average molecular weight is 181 g/mol. The molecular weight excluding hydrogens is 162 g/mol. The lowest BCUT2D eigenvalue weighted by Gasteiger charge is -2.42. The Morgan fingerprint density at radius 2 is 1.85 bits per heavy atom. The lowest BCUT2D eigenvalue weighted by molar-refractivity contribution is -0.189. The van der Waals surface area contributed by atoms with Crippen molar-refractivity contribution in [1.82, 2.24) is 5.06 Å². The molecule has 2 nitrogen and oxygen atoms in total. The predicted molar refractivity (Wildman–Crippen MR) is 54.7 cm³/mol. The molecule has 0 spiro atoms. The van der Waals surface area contributed by atoms with Gasteiger partial charge in [-0.15, -0.1) is 13.2 Å². The van der Waals surface area contributed by atoms with E-state index >= 15 is 0 Å². The molecule has 0 saturated carbocycles. The van der Waals surface area contributed by atoms with Gasteiger partial charge in [-0.25, -0.2) is 0 Å². The van der Waals surface area contributed by atoms with Crippen LogP contribution in [0.2, 0.25) is 0 Å². The van der Waals surface area contributed by atoms with Crippen LogP contribution in [0, 0.1) is 0 Å². The van der Waals surface area contributed by atoms with Crippen LogP contribution < -0.4 is 0 Å². The van der Waals surface area contributed by atoms with Crippen LogP contribution >= 0.6 is 0 Å². The third-order valence-electron chi connectivity index (χ3n) is 2.86. The molecule has 74 valence electrons. The molecule has 13 heavy (non-hydrogen) atoms. The molecule has 0 aromatic carbocycles. The molecule has 0 aromatic heterocycles. The summed E-state index contributed by atoms with van der Waals surface area (Å²) in [7, 11) is 0. The maximum absolute atomic E-state index is 9.82. The minimum atomic E-state index is -0.109. The van der Waals surface area contributed by atoms with Gasteiger partial charge in [0.1, 0.15) is 0 Å². The van der Waals surface area contributed by atoms with E-state index in [0.717, 1.165) is 32.2 Å². The van der Waals surface area contributed by atoms with E-state index in [-0.39, 0.29) is 5.54 Å². The summed E-state index contributed by atoms with van der Waals surface area (Å²) in [4.78, 5) is 0. The molecule has 0 unspecified atom stereocenters. The van der Waals surface area contributed by atoms with Gasteiger partial charge in [-0.1, -0.05) is 18.6 Å². The van der Waals surface area contributed by atoms with Crippen LogP contribution in [0.15, 0.2) is 25.3 Å². The highest BCUT2D eigenvalue weighted by molar-refractivity contribution is 4.99. The van der Waals surface area contributed by atoms with E-state index in [0.29, 0.717) is 0 Å². The summed E-state index contributed by atoms with van der Waals surface area (Å²) >= 11 is 0. The Morgan fingerprint density at radius 1 is 1.23 bits per heavy atom. The number of rotatable bonds is 4. The standard InChI is InChI=1S/C11H19NO/c1-3-7-11(8-4-2)9-5-6-10-12(11)13/h3-4,13H,1-2,5-10H2. The molecule has 1 heterocycles. The highest BCUT2D eigenvalue weighted by Gasteiger charge is 2.35. The molecule has 0 atom stereocenters. The zero-order valence-corrected chi connectivity index (χ0v) is 8.21. The van der Waals surface area contributed by atoms with E-state index in [1.165, 1.54) is 11.5 Å². The maximum atomic E-state index is 9.82. The normalized spacial score (nSPS) is 22.5. The Kier molecular flexibility index (Phi) is 3.70. The molecule has 0 aromatic rings. The highest BCUT2D eigenvalue weighted by Crippen LogP contribution is 2.33. The Hall–Kier alpha value is -0.600. The summed E-state index contributed by atoms with van der Waals surface area (Å²) in [5.74, 6) is 0. The minimum absolute atomic E-state index is 0.109. The zero-order chi connectivity index (χ0) is 9.73.